The molecule has 0 spiro atoms. The lowest BCUT2D eigenvalue weighted by Gasteiger charge is -2.37. The maximum absolute atomic E-state index is 12.6. The molecule has 0 saturated heterocycles. The van der Waals surface area contributed by atoms with Gasteiger partial charge in [0.2, 0.25) is 0 Å². The topological polar surface area (TPSA) is 59.5 Å². The van der Waals surface area contributed by atoms with Gasteiger partial charge < -0.3 is 15.1 Å². The molecule has 1 atom stereocenters. The van der Waals surface area contributed by atoms with Crippen LogP contribution in [0.25, 0.3) is 11.0 Å². The molecule has 0 radical (unpaired) electrons. The van der Waals surface area contributed by atoms with Crippen molar-refractivity contribution in [3.05, 3.63) is 38.7 Å². The third kappa shape index (κ3) is 2.96. The molecule has 25 heavy (non-hydrogen) atoms. The quantitative estimate of drug-likeness (QED) is 0.849. The van der Waals surface area contributed by atoms with Crippen molar-refractivity contribution < 1.29 is 4.42 Å². The minimum absolute atomic E-state index is 0. The Kier molecular flexibility index (Phi) is 5.12. The first-order valence-electron chi connectivity index (χ1n) is 9.21. The lowest BCUT2D eigenvalue weighted by atomic mass is 9.88. The Morgan fingerprint density at radius 3 is 2.72 bits per heavy atom. The highest BCUT2D eigenvalue weighted by Gasteiger charge is 2.28. The molecule has 3 heterocycles. The second-order valence-corrected chi connectivity index (χ2v) is 7.30. The largest absolute Gasteiger partial charge is 0.422 e. The molecule has 2 aliphatic heterocycles. The van der Waals surface area contributed by atoms with Crippen LogP contribution in [0.2, 0.25) is 0 Å². The van der Waals surface area contributed by atoms with Crippen LogP contribution in [0.1, 0.15) is 48.4 Å². The molecule has 2 N–H and O–H groups in total. The average molecular weight is 363 g/mol. The first-order valence-corrected chi connectivity index (χ1v) is 9.21. The van der Waals surface area contributed by atoms with Crippen molar-refractivity contribution in [2.45, 2.75) is 58.4 Å². The van der Waals surface area contributed by atoms with E-state index in [0.717, 1.165) is 60.9 Å². The molecule has 136 valence electrons. The first-order chi connectivity index (χ1) is 11.6. The minimum Gasteiger partial charge on any atom is -0.422 e. The monoisotopic (exact) mass is 362 g/mol. The van der Waals surface area contributed by atoms with Gasteiger partial charge in [-0.1, -0.05) is 6.92 Å². The van der Waals surface area contributed by atoms with Gasteiger partial charge in [0, 0.05) is 41.3 Å². The zero-order valence-electron chi connectivity index (χ0n) is 15.1. The fourth-order valence-corrected chi connectivity index (χ4v) is 4.34. The number of hydrogen-bond donors (Lipinski definition) is 1. The van der Waals surface area contributed by atoms with Crippen LogP contribution in [-0.2, 0) is 19.3 Å². The van der Waals surface area contributed by atoms with E-state index in [9.17, 15) is 4.79 Å². The van der Waals surface area contributed by atoms with E-state index < -0.39 is 0 Å². The number of nitrogens with two attached hydrogens (primary N) is 1. The third-order valence-electron chi connectivity index (χ3n) is 5.76. The van der Waals surface area contributed by atoms with Crippen LogP contribution < -0.4 is 16.3 Å². The molecule has 0 saturated carbocycles. The summed E-state index contributed by atoms with van der Waals surface area (Å²) in [5.74, 6) is 0. The number of aryl methyl sites for hydroxylation is 3. The molecule has 4 nitrogen and oxygen atoms in total. The Balaban J connectivity index is 0.00000182. The van der Waals surface area contributed by atoms with Crippen LogP contribution in [0, 0.1) is 6.92 Å². The Hall–Kier alpha value is -1.52. The van der Waals surface area contributed by atoms with Gasteiger partial charge in [0.05, 0.1) is 0 Å². The summed E-state index contributed by atoms with van der Waals surface area (Å²) in [5, 5.41) is 1.12. The third-order valence-corrected chi connectivity index (χ3v) is 5.76. The number of halogens is 1. The maximum Gasteiger partial charge on any atom is 0.339 e. The number of fused-ring (bicyclic) bond motifs is 2. The molecule has 0 bridgehead atoms. The number of nitrogens with zero attached hydrogens (tertiary/aromatic N) is 1. The van der Waals surface area contributed by atoms with Crippen molar-refractivity contribution in [1.29, 1.82) is 0 Å². The first kappa shape index (κ1) is 18.3. The molecule has 1 unspecified atom stereocenters. The molecule has 0 fully saturated rings. The molecule has 2 aromatic rings. The number of benzene rings is 1. The number of anilines is 1. The molecular formula is C20H27ClN2O2. The smallest absolute Gasteiger partial charge is 0.339 e. The SMILES string of the molecule is CCC(N)Cc1c(C)c2cc3c4c(c2oc1=O)CCCN4CCC3.Cl. The highest BCUT2D eigenvalue weighted by molar-refractivity contribution is 5.91. The summed E-state index contributed by atoms with van der Waals surface area (Å²) >= 11 is 0. The molecule has 0 aliphatic carbocycles. The minimum atomic E-state index is -0.201. The van der Waals surface area contributed by atoms with Gasteiger partial charge in [-0.2, -0.15) is 0 Å². The Morgan fingerprint density at radius 2 is 2.00 bits per heavy atom. The van der Waals surface area contributed by atoms with E-state index in [1.54, 1.807) is 0 Å². The van der Waals surface area contributed by atoms with Crippen LogP contribution in [0.3, 0.4) is 0 Å². The van der Waals surface area contributed by atoms with Crippen molar-refractivity contribution in [2.75, 3.05) is 18.0 Å². The fraction of sp³-hybridized carbons (Fsp3) is 0.550. The fourth-order valence-electron chi connectivity index (χ4n) is 4.34. The van der Waals surface area contributed by atoms with E-state index in [2.05, 4.69) is 24.8 Å². The molecule has 4 rings (SSSR count). The summed E-state index contributed by atoms with van der Waals surface area (Å²) in [6.07, 6.45) is 5.93. The summed E-state index contributed by atoms with van der Waals surface area (Å²) in [5.41, 5.74) is 12.5. The van der Waals surface area contributed by atoms with E-state index >= 15 is 0 Å². The number of hydrogen-bond acceptors (Lipinski definition) is 4. The summed E-state index contributed by atoms with van der Waals surface area (Å²) in [6.45, 7) is 6.35. The van der Waals surface area contributed by atoms with Crippen molar-refractivity contribution in [2.24, 2.45) is 5.73 Å². The van der Waals surface area contributed by atoms with Crippen LogP contribution in [0.4, 0.5) is 5.69 Å². The highest BCUT2D eigenvalue weighted by Crippen LogP contribution is 2.40. The van der Waals surface area contributed by atoms with Crippen molar-refractivity contribution in [3.63, 3.8) is 0 Å². The molecule has 2 aliphatic rings. The molecule has 1 aromatic heterocycles. The summed E-state index contributed by atoms with van der Waals surface area (Å²) < 4.78 is 5.85. The lowest BCUT2D eigenvalue weighted by molar-refractivity contribution is 0.528. The van der Waals surface area contributed by atoms with E-state index in [-0.39, 0.29) is 24.1 Å². The normalized spacial score (nSPS) is 17.2. The number of rotatable bonds is 3. The second kappa shape index (κ2) is 7.00. The maximum atomic E-state index is 12.6. The summed E-state index contributed by atoms with van der Waals surface area (Å²) in [7, 11) is 0. The lowest BCUT2D eigenvalue weighted by Crippen LogP contribution is -2.34. The van der Waals surface area contributed by atoms with Gasteiger partial charge in [0.15, 0.2) is 0 Å². The van der Waals surface area contributed by atoms with E-state index in [0.29, 0.717) is 6.42 Å². The van der Waals surface area contributed by atoms with Gasteiger partial charge in [-0.05, 0) is 62.6 Å². The zero-order chi connectivity index (χ0) is 16.8. The summed E-state index contributed by atoms with van der Waals surface area (Å²) in [4.78, 5) is 15.1. The molecule has 1 aromatic carbocycles. The van der Waals surface area contributed by atoms with Gasteiger partial charge in [0.25, 0.3) is 0 Å². The van der Waals surface area contributed by atoms with E-state index in [1.165, 1.54) is 23.2 Å². The van der Waals surface area contributed by atoms with Crippen molar-refractivity contribution >= 4 is 29.1 Å². The van der Waals surface area contributed by atoms with Gasteiger partial charge >= 0.3 is 5.63 Å². The van der Waals surface area contributed by atoms with Crippen LogP contribution in [-0.4, -0.2) is 19.1 Å². The average Bonchev–Trinajstić information content (AvgIpc) is 2.60. The van der Waals surface area contributed by atoms with Gasteiger partial charge in [-0.3, -0.25) is 0 Å². The van der Waals surface area contributed by atoms with Crippen LogP contribution in [0.15, 0.2) is 15.3 Å². The highest BCUT2D eigenvalue weighted by atomic mass is 35.5. The second-order valence-electron chi connectivity index (χ2n) is 7.30. The van der Waals surface area contributed by atoms with E-state index in [4.69, 9.17) is 10.2 Å². The summed E-state index contributed by atoms with van der Waals surface area (Å²) in [6, 6.07) is 2.28. The van der Waals surface area contributed by atoms with Gasteiger partial charge in [-0.25, -0.2) is 4.79 Å². The predicted octanol–water partition coefficient (Wildman–Crippen LogP) is 3.50. The van der Waals surface area contributed by atoms with Crippen molar-refractivity contribution in [1.82, 2.24) is 0 Å². The Bertz CT molecular complexity index is 857. The van der Waals surface area contributed by atoms with Crippen LogP contribution >= 0.6 is 12.4 Å². The van der Waals surface area contributed by atoms with Gasteiger partial charge in [-0.15, -0.1) is 12.4 Å². The predicted molar refractivity (Wildman–Crippen MR) is 105 cm³/mol. The van der Waals surface area contributed by atoms with E-state index in [1.807, 2.05) is 0 Å². The Morgan fingerprint density at radius 1 is 1.28 bits per heavy atom. The van der Waals surface area contributed by atoms with Crippen molar-refractivity contribution in [3.8, 4) is 0 Å². The molecule has 0 amide bonds. The zero-order valence-corrected chi connectivity index (χ0v) is 15.9. The Labute approximate surface area is 154 Å². The van der Waals surface area contributed by atoms with Crippen LogP contribution in [0.5, 0.6) is 0 Å². The van der Waals surface area contributed by atoms with Gasteiger partial charge in [0.1, 0.15) is 5.58 Å². The standard InChI is InChI=1S/C20H26N2O2.ClH/c1-3-14(21)11-17-12(2)16-10-13-6-4-8-22-9-5-7-15(18(13)22)19(16)24-20(17)23;/h10,14H,3-9,11,21H2,1-2H3;1H. The molecular weight excluding hydrogens is 336 g/mol. The molecule has 5 heteroatoms.